The summed E-state index contributed by atoms with van der Waals surface area (Å²) in [7, 11) is 0. The summed E-state index contributed by atoms with van der Waals surface area (Å²) in [5, 5.41) is 10.4. The molecule has 0 saturated heterocycles. The third kappa shape index (κ3) is 3.44. The van der Waals surface area contributed by atoms with E-state index in [1.165, 1.54) is 12.1 Å². The SMILES string of the molecule is O=C(NCc1ccc(F)cc1)c1ccc2c(=O)nc3c(-c4ccccc4)n[nH]n3c2c1. The summed E-state index contributed by atoms with van der Waals surface area (Å²) in [6.07, 6.45) is 0. The van der Waals surface area contributed by atoms with Crippen molar-refractivity contribution in [2.75, 3.05) is 0 Å². The van der Waals surface area contributed by atoms with Crippen LogP contribution in [-0.4, -0.2) is 25.7 Å². The molecule has 152 valence electrons. The molecule has 2 aromatic heterocycles. The van der Waals surface area contributed by atoms with E-state index in [0.29, 0.717) is 27.8 Å². The number of benzene rings is 3. The Balaban J connectivity index is 1.53. The first kappa shape index (κ1) is 18.7. The van der Waals surface area contributed by atoms with Gasteiger partial charge in [0.1, 0.15) is 11.5 Å². The van der Waals surface area contributed by atoms with Crippen LogP contribution in [0.2, 0.25) is 0 Å². The quantitative estimate of drug-likeness (QED) is 0.473. The van der Waals surface area contributed by atoms with Gasteiger partial charge in [-0.15, -0.1) is 0 Å². The molecule has 0 aliphatic carbocycles. The van der Waals surface area contributed by atoms with Crippen molar-refractivity contribution in [3.8, 4) is 11.3 Å². The van der Waals surface area contributed by atoms with Crippen molar-refractivity contribution in [2.45, 2.75) is 6.54 Å². The van der Waals surface area contributed by atoms with Crippen molar-refractivity contribution < 1.29 is 9.18 Å². The number of nitrogens with zero attached hydrogens (tertiary/aromatic N) is 3. The second kappa shape index (κ2) is 7.49. The van der Waals surface area contributed by atoms with Gasteiger partial charge in [0.25, 0.3) is 11.5 Å². The van der Waals surface area contributed by atoms with Gasteiger partial charge in [-0.2, -0.15) is 10.1 Å². The third-order valence-electron chi connectivity index (χ3n) is 5.04. The summed E-state index contributed by atoms with van der Waals surface area (Å²) < 4.78 is 14.6. The molecule has 7 nitrogen and oxygen atoms in total. The lowest BCUT2D eigenvalue weighted by Gasteiger charge is -2.07. The van der Waals surface area contributed by atoms with Crippen LogP contribution in [0.5, 0.6) is 0 Å². The molecule has 31 heavy (non-hydrogen) atoms. The summed E-state index contributed by atoms with van der Waals surface area (Å²) in [5.74, 6) is -0.644. The Labute approximate surface area is 175 Å². The lowest BCUT2D eigenvalue weighted by atomic mass is 10.1. The molecule has 5 aromatic rings. The molecule has 1 amide bonds. The van der Waals surface area contributed by atoms with E-state index < -0.39 is 5.56 Å². The Morgan fingerprint density at radius 3 is 2.58 bits per heavy atom. The first-order valence-electron chi connectivity index (χ1n) is 9.59. The van der Waals surface area contributed by atoms with Gasteiger partial charge in [-0.05, 0) is 35.9 Å². The van der Waals surface area contributed by atoms with E-state index in [0.717, 1.165) is 11.1 Å². The zero-order valence-electron chi connectivity index (χ0n) is 16.2. The third-order valence-corrected chi connectivity index (χ3v) is 5.04. The van der Waals surface area contributed by atoms with Crippen LogP contribution < -0.4 is 10.9 Å². The van der Waals surface area contributed by atoms with E-state index in [1.54, 1.807) is 34.8 Å². The molecule has 0 bridgehead atoms. The standard InChI is InChI=1S/C23H16FN5O2/c24-17-9-6-14(7-10-17)13-25-22(30)16-8-11-18-19(12-16)29-21(26-23(18)31)20(27-28-29)15-4-2-1-3-5-15/h1-12,28H,13H2,(H,25,30). The topological polar surface area (TPSA) is 92.2 Å². The first-order chi connectivity index (χ1) is 15.1. The molecule has 0 aliphatic rings. The molecule has 0 aliphatic heterocycles. The lowest BCUT2D eigenvalue weighted by molar-refractivity contribution is 0.0951. The molecular weight excluding hydrogens is 397 g/mol. The molecule has 0 saturated carbocycles. The fraction of sp³-hybridized carbons (Fsp3) is 0.0435. The monoisotopic (exact) mass is 413 g/mol. The maximum absolute atomic E-state index is 13.0. The number of H-pyrrole nitrogens is 1. The maximum Gasteiger partial charge on any atom is 0.281 e. The van der Waals surface area contributed by atoms with Crippen molar-refractivity contribution in [3.63, 3.8) is 0 Å². The second-order valence-electron chi connectivity index (χ2n) is 7.04. The van der Waals surface area contributed by atoms with Gasteiger partial charge in [-0.3, -0.25) is 9.59 Å². The number of halogens is 1. The van der Waals surface area contributed by atoms with Gasteiger partial charge in [0.15, 0.2) is 5.65 Å². The fourth-order valence-electron chi connectivity index (χ4n) is 3.45. The molecule has 0 spiro atoms. The largest absolute Gasteiger partial charge is 0.348 e. The average Bonchev–Trinajstić information content (AvgIpc) is 3.23. The minimum atomic E-state index is -0.396. The van der Waals surface area contributed by atoms with Gasteiger partial charge in [0, 0.05) is 17.7 Å². The van der Waals surface area contributed by atoms with Crippen molar-refractivity contribution in [1.29, 1.82) is 0 Å². The molecule has 3 aromatic carbocycles. The van der Waals surface area contributed by atoms with Crippen LogP contribution in [0.4, 0.5) is 4.39 Å². The number of rotatable bonds is 4. The zero-order chi connectivity index (χ0) is 21.4. The Bertz CT molecular complexity index is 1470. The molecule has 0 fully saturated rings. The highest BCUT2D eigenvalue weighted by atomic mass is 19.1. The minimum Gasteiger partial charge on any atom is -0.348 e. The first-order valence-corrected chi connectivity index (χ1v) is 9.59. The summed E-state index contributed by atoms with van der Waals surface area (Å²) >= 11 is 0. The molecule has 2 N–H and O–H groups in total. The van der Waals surface area contributed by atoms with Crippen molar-refractivity contribution in [2.24, 2.45) is 0 Å². The summed E-state index contributed by atoms with van der Waals surface area (Å²) in [6.45, 7) is 0.255. The molecule has 0 unspecified atom stereocenters. The molecule has 0 atom stereocenters. The Morgan fingerprint density at radius 2 is 1.81 bits per heavy atom. The van der Waals surface area contributed by atoms with Crippen LogP contribution in [0.1, 0.15) is 15.9 Å². The number of aromatic nitrogens is 4. The second-order valence-corrected chi connectivity index (χ2v) is 7.04. The van der Waals surface area contributed by atoms with E-state index in [4.69, 9.17) is 0 Å². The summed E-state index contributed by atoms with van der Waals surface area (Å²) in [5.41, 5.74) is 3.01. The number of nitrogens with one attached hydrogen (secondary N) is 2. The van der Waals surface area contributed by atoms with Crippen molar-refractivity contribution >= 4 is 22.5 Å². The van der Waals surface area contributed by atoms with E-state index in [1.807, 2.05) is 30.3 Å². The number of hydrogen-bond donors (Lipinski definition) is 2. The van der Waals surface area contributed by atoms with Crippen LogP contribution in [0.25, 0.3) is 27.8 Å². The van der Waals surface area contributed by atoms with Crippen molar-refractivity contribution in [1.82, 2.24) is 25.1 Å². The van der Waals surface area contributed by atoms with Gasteiger partial charge < -0.3 is 5.32 Å². The highest BCUT2D eigenvalue weighted by Gasteiger charge is 2.15. The molecule has 2 heterocycles. The summed E-state index contributed by atoms with van der Waals surface area (Å²) in [4.78, 5) is 29.4. The number of fused-ring (bicyclic) bond motifs is 3. The molecule has 0 radical (unpaired) electrons. The van der Waals surface area contributed by atoms with E-state index in [-0.39, 0.29) is 18.3 Å². The minimum absolute atomic E-state index is 0.255. The van der Waals surface area contributed by atoms with Gasteiger partial charge in [0.05, 0.1) is 10.9 Å². The molecular formula is C23H16FN5O2. The lowest BCUT2D eigenvalue weighted by Crippen LogP contribution is -2.23. The van der Waals surface area contributed by atoms with Crippen LogP contribution in [0.3, 0.4) is 0 Å². The van der Waals surface area contributed by atoms with Crippen LogP contribution in [-0.2, 0) is 6.54 Å². The van der Waals surface area contributed by atoms with Gasteiger partial charge in [0.2, 0.25) is 0 Å². The Kier molecular flexibility index (Phi) is 4.51. The number of carbonyl (C=O) groups is 1. The molecule has 5 rings (SSSR count). The highest BCUT2D eigenvalue weighted by Crippen LogP contribution is 2.22. The number of aromatic amines is 1. The Hall–Kier alpha value is -4.33. The van der Waals surface area contributed by atoms with Gasteiger partial charge >= 0.3 is 0 Å². The number of amides is 1. The number of carbonyl (C=O) groups excluding carboxylic acids is 1. The van der Waals surface area contributed by atoms with Gasteiger partial charge in [-0.25, -0.2) is 14.1 Å². The molecule has 8 heteroatoms. The maximum atomic E-state index is 13.0. The summed E-state index contributed by atoms with van der Waals surface area (Å²) in [6, 6.07) is 20.1. The predicted octanol–water partition coefficient (Wildman–Crippen LogP) is 3.31. The van der Waals surface area contributed by atoms with E-state index in [9.17, 15) is 14.0 Å². The zero-order valence-corrected chi connectivity index (χ0v) is 16.2. The average molecular weight is 413 g/mol. The van der Waals surface area contributed by atoms with E-state index in [2.05, 4.69) is 20.6 Å². The van der Waals surface area contributed by atoms with E-state index >= 15 is 0 Å². The van der Waals surface area contributed by atoms with Gasteiger partial charge in [-0.1, -0.05) is 42.5 Å². The highest BCUT2D eigenvalue weighted by molar-refractivity contribution is 5.98. The van der Waals surface area contributed by atoms with Crippen molar-refractivity contribution in [3.05, 3.63) is 100 Å². The fourth-order valence-corrected chi connectivity index (χ4v) is 3.45. The predicted molar refractivity (Wildman–Crippen MR) is 114 cm³/mol. The smallest absolute Gasteiger partial charge is 0.281 e. The Morgan fingerprint density at radius 1 is 1.03 bits per heavy atom. The number of hydrogen-bond acceptors (Lipinski definition) is 4. The van der Waals surface area contributed by atoms with Crippen LogP contribution in [0, 0.1) is 5.82 Å². The van der Waals surface area contributed by atoms with Crippen LogP contribution >= 0.6 is 0 Å². The normalized spacial score (nSPS) is 11.1. The van der Waals surface area contributed by atoms with Crippen LogP contribution in [0.15, 0.2) is 77.6 Å².